The van der Waals surface area contributed by atoms with Gasteiger partial charge in [0.15, 0.2) is 5.82 Å². The summed E-state index contributed by atoms with van der Waals surface area (Å²) in [5.41, 5.74) is 2.79. The Morgan fingerprint density at radius 2 is 1.87 bits per heavy atom. The number of hydrogen-bond donors (Lipinski definition) is 0. The topological polar surface area (TPSA) is 43.1 Å². The molecule has 1 aromatic heterocycles. The Morgan fingerprint density at radius 3 is 2.65 bits per heavy atom. The van der Waals surface area contributed by atoms with Crippen LogP contribution >= 0.6 is 27.7 Å². The summed E-state index contributed by atoms with van der Waals surface area (Å²) < 4.78 is 15.8. The fraction of sp³-hybridized carbons (Fsp3) is 0.0625. The van der Waals surface area contributed by atoms with Crippen molar-refractivity contribution in [2.45, 2.75) is 5.16 Å². The zero-order valence-electron chi connectivity index (χ0n) is 11.8. The van der Waals surface area contributed by atoms with Crippen LogP contribution in [-0.4, -0.2) is 26.3 Å². The van der Waals surface area contributed by atoms with Gasteiger partial charge in [0.25, 0.3) is 0 Å². The third-order valence-electron chi connectivity index (χ3n) is 3.43. The van der Waals surface area contributed by atoms with Crippen LogP contribution in [0.2, 0.25) is 0 Å². The molecule has 0 saturated heterocycles. The molecule has 0 bridgehead atoms. The highest BCUT2D eigenvalue weighted by atomic mass is 79.9. The van der Waals surface area contributed by atoms with Crippen LogP contribution in [0.3, 0.4) is 0 Å². The second-order valence-electron chi connectivity index (χ2n) is 4.97. The van der Waals surface area contributed by atoms with Crippen LogP contribution in [0.4, 0.5) is 4.39 Å². The van der Waals surface area contributed by atoms with E-state index in [2.05, 4.69) is 31.2 Å². The molecule has 23 heavy (non-hydrogen) atoms. The molecule has 0 saturated carbocycles. The van der Waals surface area contributed by atoms with Gasteiger partial charge in [0.1, 0.15) is 5.82 Å². The van der Waals surface area contributed by atoms with Crippen molar-refractivity contribution in [2.75, 3.05) is 5.75 Å². The summed E-state index contributed by atoms with van der Waals surface area (Å²) >= 11 is 5.07. The van der Waals surface area contributed by atoms with E-state index in [-0.39, 0.29) is 5.82 Å². The second kappa shape index (κ2) is 5.90. The van der Waals surface area contributed by atoms with E-state index in [1.54, 1.807) is 28.6 Å². The van der Waals surface area contributed by atoms with Gasteiger partial charge in [-0.3, -0.25) is 0 Å². The van der Waals surface area contributed by atoms with Crippen molar-refractivity contribution in [3.05, 3.63) is 64.4 Å². The smallest absolute Gasteiger partial charge is 0.207 e. The van der Waals surface area contributed by atoms with E-state index < -0.39 is 0 Å². The normalized spacial score (nSPS) is 13.6. The lowest BCUT2D eigenvalue weighted by molar-refractivity contribution is 0.628. The van der Waals surface area contributed by atoms with Gasteiger partial charge in [0.2, 0.25) is 5.16 Å². The highest BCUT2D eigenvalue weighted by Crippen LogP contribution is 2.28. The van der Waals surface area contributed by atoms with E-state index in [0.717, 1.165) is 32.2 Å². The molecule has 2 aromatic carbocycles. The number of hydrogen-bond acceptors (Lipinski definition) is 4. The summed E-state index contributed by atoms with van der Waals surface area (Å²) in [5.74, 6) is 1.07. The maximum absolute atomic E-state index is 13.1. The first-order valence-electron chi connectivity index (χ1n) is 6.89. The maximum atomic E-state index is 13.1. The third kappa shape index (κ3) is 2.82. The molecular formula is C16H10BrFN4S. The number of fused-ring (bicyclic) bond motifs is 1. The third-order valence-corrected chi connectivity index (χ3v) is 4.85. The number of benzene rings is 2. The molecule has 0 atom stereocenters. The van der Waals surface area contributed by atoms with Crippen molar-refractivity contribution in [3.8, 4) is 11.4 Å². The number of rotatable bonds is 2. The second-order valence-corrected chi connectivity index (χ2v) is 6.83. The average Bonchev–Trinajstić information content (AvgIpc) is 2.99. The monoisotopic (exact) mass is 388 g/mol. The Balaban J connectivity index is 1.79. The molecule has 0 fully saturated rings. The van der Waals surface area contributed by atoms with Crippen molar-refractivity contribution < 1.29 is 4.39 Å². The van der Waals surface area contributed by atoms with E-state index in [4.69, 9.17) is 0 Å². The molecule has 0 spiro atoms. The summed E-state index contributed by atoms with van der Waals surface area (Å²) in [7, 11) is 0. The molecule has 3 aromatic rings. The predicted molar refractivity (Wildman–Crippen MR) is 92.2 cm³/mol. The molecule has 0 amide bonds. The van der Waals surface area contributed by atoms with Crippen molar-refractivity contribution in [1.82, 2.24) is 14.9 Å². The number of thioether (sulfide) groups is 1. The SMILES string of the molecule is Fc1ccc(-c2nnc3n2N=C(c2cccc(Br)c2)CS3)cc1. The van der Waals surface area contributed by atoms with Gasteiger partial charge in [-0.1, -0.05) is 39.8 Å². The van der Waals surface area contributed by atoms with Crippen LogP contribution in [0, 0.1) is 5.82 Å². The minimum atomic E-state index is -0.278. The van der Waals surface area contributed by atoms with Crippen molar-refractivity contribution in [1.29, 1.82) is 0 Å². The molecule has 1 aliphatic heterocycles. The Bertz CT molecular complexity index is 905. The van der Waals surface area contributed by atoms with Gasteiger partial charge in [-0.25, -0.2) is 4.39 Å². The van der Waals surface area contributed by atoms with Gasteiger partial charge >= 0.3 is 0 Å². The van der Waals surface area contributed by atoms with Crippen LogP contribution in [-0.2, 0) is 0 Å². The van der Waals surface area contributed by atoms with E-state index in [1.165, 1.54) is 12.1 Å². The molecule has 0 radical (unpaired) electrons. The summed E-state index contributed by atoms with van der Waals surface area (Å²) in [6.07, 6.45) is 0. The molecule has 1 aliphatic rings. The van der Waals surface area contributed by atoms with Crippen LogP contribution in [0.25, 0.3) is 11.4 Å². The molecule has 4 nitrogen and oxygen atoms in total. The van der Waals surface area contributed by atoms with Crippen LogP contribution in [0.15, 0.2) is 63.3 Å². The largest absolute Gasteiger partial charge is 0.212 e. The van der Waals surface area contributed by atoms with Crippen LogP contribution < -0.4 is 0 Å². The van der Waals surface area contributed by atoms with E-state index in [0.29, 0.717) is 5.82 Å². The van der Waals surface area contributed by atoms with Gasteiger partial charge in [-0.15, -0.1) is 10.2 Å². The quantitative estimate of drug-likeness (QED) is 0.660. The average molecular weight is 389 g/mol. The minimum Gasteiger partial charge on any atom is -0.207 e. The lowest BCUT2D eigenvalue weighted by Crippen LogP contribution is -2.13. The molecule has 114 valence electrons. The lowest BCUT2D eigenvalue weighted by atomic mass is 10.1. The first-order chi connectivity index (χ1) is 11.2. The Morgan fingerprint density at radius 1 is 1.04 bits per heavy atom. The van der Waals surface area contributed by atoms with Gasteiger partial charge in [0.05, 0.1) is 5.71 Å². The van der Waals surface area contributed by atoms with E-state index in [1.807, 2.05) is 24.3 Å². The molecule has 4 rings (SSSR count). The summed E-state index contributed by atoms with van der Waals surface area (Å²) in [6.45, 7) is 0. The molecule has 2 heterocycles. The van der Waals surface area contributed by atoms with E-state index >= 15 is 0 Å². The summed E-state index contributed by atoms with van der Waals surface area (Å²) in [4.78, 5) is 0. The summed E-state index contributed by atoms with van der Waals surface area (Å²) in [6, 6.07) is 14.2. The van der Waals surface area contributed by atoms with Gasteiger partial charge in [-0.2, -0.15) is 9.78 Å². The van der Waals surface area contributed by atoms with Crippen LogP contribution in [0.1, 0.15) is 5.56 Å². The number of nitrogens with zero attached hydrogens (tertiary/aromatic N) is 4. The molecular weight excluding hydrogens is 379 g/mol. The lowest BCUT2D eigenvalue weighted by Gasteiger charge is -2.14. The molecule has 7 heteroatoms. The summed E-state index contributed by atoms with van der Waals surface area (Å²) in [5, 5.41) is 13.8. The van der Waals surface area contributed by atoms with Crippen molar-refractivity contribution in [2.24, 2.45) is 5.10 Å². The van der Waals surface area contributed by atoms with Gasteiger partial charge < -0.3 is 0 Å². The fourth-order valence-corrected chi connectivity index (χ4v) is 3.55. The predicted octanol–water partition coefficient (Wildman–Crippen LogP) is 4.20. The van der Waals surface area contributed by atoms with Crippen LogP contribution in [0.5, 0.6) is 0 Å². The zero-order valence-corrected chi connectivity index (χ0v) is 14.2. The maximum Gasteiger partial charge on any atom is 0.212 e. The zero-order chi connectivity index (χ0) is 15.8. The van der Waals surface area contributed by atoms with Crippen molar-refractivity contribution >= 4 is 33.4 Å². The first-order valence-corrected chi connectivity index (χ1v) is 8.66. The Kier molecular flexibility index (Phi) is 3.74. The van der Waals surface area contributed by atoms with Gasteiger partial charge in [-0.05, 0) is 42.0 Å². The standard InChI is InChI=1S/C16H10BrFN4S/c17-12-3-1-2-11(8-12)14-9-23-16-20-19-15(22(16)21-14)10-4-6-13(18)7-5-10/h1-8H,9H2. The number of aromatic nitrogens is 3. The highest BCUT2D eigenvalue weighted by Gasteiger charge is 2.20. The Hall–Kier alpha value is -1.99. The molecule has 0 aliphatic carbocycles. The Labute approximate surface area is 144 Å². The molecule has 0 N–H and O–H groups in total. The number of halogens is 2. The van der Waals surface area contributed by atoms with E-state index in [9.17, 15) is 4.39 Å². The highest BCUT2D eigenvalue weighted by molar-refractivity contribution is 9.10. The first kappa shape index (κ1) is 14.6. The van der Waals surface area contributed by atoms with Crippen molar-refractivity contribution in [3.63, 3.8) is 0 Å². The fourth-order valence-electron chi connectivity index (χ4n) is 2.32. The minimum absolute atomic E-state index is 0.278. The van der Waals surface area contributed by atoms with Gasteiger partial charge in [0, 0.05) is 15.8 Å². The molecule has 0 unspecified atom stereocenters.